The van der Waals surface area contributed by atoms with Crippen molar-refractivity contribution in [3.63, 3.8) is 0 Å². The number of unbranched alkanes of at least 4 members (excludes halogenated alkanes) is 1. The minimum atomic E-state index is 0.484. The first kappa shape index (κ1) is 13.4. The summed E-state index contributed by atoms with van der Waals surface area (Å²) in [6.07, 6.45) is 3.95. The molecule has 0 fully saturated rings. The number of hydrogen-bond donors (Lipinski definition) is 0. The predicted molar refractivity (Wildman–Crippen MR) is 64.6 cm³/mol. The van der Waals surface area contributed by atoms with Gasteiger partial charge in [-0.3, -0.25) is 4.98 Å². The van der Waals surface area contributed by atoms with Gasteiger partial charge in [-0.05, 0) is 18.6 Å². The summed E-state index contributed by atoms with van der Waals surface area (Å²) in [4.78, 5) is 4.14. The van der Waals surface area contributed by atoms with Crippen molar-refractivity contribution in [2.45, 2.75) is 26.4 Å². The van der Waals surface area contributed by atoms with Crippen molar-refractivity contribution >= 4 is 11.6 Å². The van der Waals surface area contributed by atoms with Gasteiger partial charge in [-0.1, -0.05) is 24.9 Å². The Morgan fingerprint density at radius 3 is 2.81 bits per heavy atom. The summed E-state index contributed by atoms with van der Waals surface area (Å²) in [5, 5.41) is 0.688. The minimum absolute atomic E-state index is 0.484. The van der Waals surface area contributed by atoms with E-state index in [1.54, 1.807) is 18.3 Å². The van der Waals surface area contributed by atoms with E-state index in [4.69, 9.17) is 21.1 Å². The summed E-state index contributed by atoms with van der Waals surface area (Å²) in [5.74, 6) is 0. The van der Waals surface area contributed by atoms with Crippen molar-refractivity contribution < 1.29 is 9.47 Å². The highest BCUT2D eigenvalue weighted by Gasteiger charge is 1.96. The molecule has 0 atom stereocenters. The maximum absolute atomic E-state index is 5.82. The summed E-state index contributed by atoms with van der Waals surface area (Å²) in [6.45, 7) is 4.68. The third kappa shape index (κ3) is 6.05. The fourth-order valence-electron chi connectivity index (χ4n) is 1.17. The highest BCUT2D eigenvalue weighted by atomic mass is 35.5. The lowest BCUT2D eigenvalue weighted by atomic mass is 10.4. The smallest absolute Gasteiger partial charge is 0.0889 e. The molecule has 0 amide bonds. The van der Waals surface area contributed by atoms with Crippen LogP contribution in [0.2, 0.25) is 5.02 Å². The van der Waals surface area contributed by atoms with Gasteiger partial charge in [-0.25, -0.2) is 0 Å². The van der Waals surface area contributed by atoms with Crippen molar-refractivity contribution in [1.29, 1.82) is 0 Å². The average molecular weight is 244 g/mol. The first-order chi connectivity index (χ1) is 7.83. The monoisotopic (exact) mass is 243 g/mol. The summed E-state index contributed by atoms with van der Waals surface area (Å²) in [7, 11) is 0. The molecule has 0 aromatic carbocycles. The van der Waals surface area contributed by atoms with Crippen LogP contribution < -0.4 is 0 Å². The van der Waals surface area contributed by atoms with Crippen LogP contribution in [0.15, 0.2) is 18.3 Å². The number of aromatic nitrogens is 1. The number of ether oxygens (including phenoxy) is 2. The number of hydrogen-bond acceptors (Lipinski definition) is 3. The van der Waals surface area contributed by atoms with Crippen LogP contribution in [-0.4, -0.2) is 24.8 Å². The Balaban J connectivity index is 2.03. The lowest BCUT2D eigenvalue weighted by Gasteiger charge is -2.05. The predicted octanol–water partition coefficient (Wildman–Crippen LogP) is 3.07. The molecular weight excluding hydrogens is 226 g/mol. The van der Waals surface area contributed by atoms with Gasteiger partial charge < -0.3 is 9.47 Å². The molecule has 0 N–H and O–H groups in total. The van der Waals surface area contributed by atoms with Crippen LogP contribution >= 0.6 is 11.6 Å². The summed E-state index contributed by atoms with van der Waals surface area (Å²) >= 11 is 5.82. The van der Waals surface area contributed by atoms with Gasteiger partial charge in [0.25, 0.3) is 0 Å². The molecule has 1 aromatic heterocycles. The van der Waals surface area contributed by atoms with E-state index in [0.29, 0.717) is 24.8 Å². The third-order valence-electron chi connectivity index (χ3n) is 2.04. The molecule has 16 heavy (non-hydrogen) atoms. The van der Waals surface area contributed by atoms with Gasteiger partial charge in [0.2, 0.25) is 0 Å². The molecule has 0 saturated heterocycles. The summed E-state index contributed by atoms with van der Waals surface area (Å²) < 4.78 is 10.8. The van der Waals surface area contributed by atoms with Crippen molar-refractivity contribution in [2.75, 3.05) is 19.8 Å². The van der Waals surface area contributed by atoms with Crippen molar-refractivity contribution in [1.82, 2.24) is 4.98 Å². The lowest BCUT2D eigenvalue weighted by Crippen LogP contribution is -2.05. The zero-order chi connectivity index (χ0) is 11.6. The Kier molecular flexibility index (Phi) is 7.14. The average Bonchev–Trinajstić information content (AvgIpc) is 2.28. The number of pyridine rings is 1. The van der Waals surface area contributed by atoms with Crippen molar-refractivity contribution in [3.8, 4) is 0 Å². The number of nitrogens with zero attached hydrogens (tertiary/aromatic N) is 1. The van der Waals surface area contributed by atoms with Crippen LogP contribution in [0.5, 0.6) is 0 Å². The van der Waals surface area contributed by atoms with E-state index in [0.717, 1.165) is 25.1 Å². The molecule has 0 aliphatic rings. The van der Waals surface area contributed by atoms with Gasteiger partial charge in [0.15, 0.2) is 0 Å². The largest absolute Gasteiger partial charge is 0.379 e. The highest BCUT2D eigenvalue weighted by Crippen LogP contribution is 2.08. The first-order valence-corrected chi connectivity index (χ1v) is 5.96. The molecule has 4 heteroatoms. The first-order valence-electron chi connectivity index (χ1n) is 5.59. The molecule has 0 aliphatic carbocycles. The van der Waals surface area contributed by atoms with Gasteiger partial charge >= 0.3 is 0 Å². The normalized spacial score (nSPS) is 10.6. The van der Waals surface area contributed by atoms with Gasteiger partial charge in [-0.2, -0.15) is 0 Å². The van der Waals surface area contributed by atoms with Crippen LogP contribution in [0.1, 0.15) is 25.5 Å². The van der Waals surface area contributed by atoms with Gasteiger partial charge in [0.1, 0.15) is 0 Å². The number of halogens is 1. The molecule has 1 rings (SSSR count). The Labute approximate surface area is 102 Å². The molecule has 90 valence electrons. The molecule has 0 unspecified atom stereocenters. The van der Waals surface area contributed by atoms with E-state index < -0.39 is 0 Å². The van der Waals surface area contributed by atoms with E-state index in [2.05, 4.69) is 11.9 Å². The number of rotatable bonds is 8. The molecule has 1 aromatic rings. The summed E-state index contributed by atoms with van der Waals surface area (Å²) in [6, 6.07) is 3.55. The molecule has 0 radical (unpaired) electrons. The SMILES string of the molecule is CCCCOCCOCc1cc(Cl)ccn1. The summed E-state index contributed by atoms with van der Waals surface area (Å²) in [5.41, 5.74) is 0.848. The molecule has 3 nitrogen and oxygen atoms in total. The van der Waals surface area contributed by atoms with Crippen LogP contribution in [0.3, 0.4) is 0 Å². The zero-order valence-electron chi connectivity index (χ0n) is 9.62. The topological polar surface area (TPSA) is 31.4 Å². The van der Waals surface area contributed by atoms with E-state index >= 15 is 0 Å². The van der Waals surface area contributed by atoms with Gasteiger partial charge in [0, 0.05) is 17.8 Å². The molecule has 0 bridgehead atoms. The van der Waals surface area contributed by atoms with Crippen LogP contribution in [0.4, 0.5) is 0 Å². The van der Waals surface area contributed by atoms with E-state index in [9.17, 15) is 0 Å². The molecule has 1 heterocycles. The third-order valence-corrected chi connectivity index (χ3v) is 2.28. The second-order valence-corrected chi connectivity index (χ2v) is 3.92. The Morgan fingerprint density at radius 1 is 1.25 bits per heavy atom. The second-order valence-electron chi connectivity index (χ2n) is 3.48. The fraction of sp³-hybridized carbons (Fsp3) is 0.583. The van der Waals surface area contributed by atoms with E-state index in [1.165, 1.54) is 0 Å². The van der Waals surface area contributed by atoms with E-state index in [-0.39, 0.29) is 0 Å². The quantitative estimate of drug-likeness (QED) is 0.658. The van der Waals surface area contributed by atoms with Gasteiger partial charge in [0.05, 0.1) is 25.5 Å². The molecule has 0 aliphatic heterocycles. The fourth-order valence-corrected chi connectivity index (χ4v) is 1.35. The standard InChI is InChI=1S/C12H18ClNO2/c1-2-3-6-15-7-8-16-10-12-9-11(13)4-5-14-12/h4-5,9H,2-3,6-8,10H2,1H3. The van der Waals surface area contributed by atoms with E-state index in [1.807, 2.05) is 0 Å². The maximum Gasteiger partial charge on any atom is 0.0889 e. The highest BCUT2D eigenvalue weighted by molar-refractivity contribution is 6.30. The Morgan fingerprint density at radius 2 is 2.06 bits per heavy atom. The molecule has 0 saturated carbocycles. The van der Waals surface area contributed by atoms with Crippen molar-refractivity contribution in [2.24, 2.45) is 0 Å². The van der Waals surface area contributed by atoms with Crippen molar-refractivity contribution in [3.05, 3.63) is 29.0 Å². The van der Waals surface area contributed by atoms with Crippen LogP contribution in [0, 0.1) is 0 Å². The Bertz CT molecular complexity index is 294. The molecule has 0 spiro atoms. The zero-order valence-corrected chi connectivity index (χ0v) is 10.4. The van der Waals surface area contributed by atoms with Crippen LogP contribution in [0.25, 0.3) is 0 Å². The minimum Gasteiger partial charge on any atom is -0.379 e. The maximum atomic E-state index is 5.82. The van der Waals surface area contributed by atoms with Crippen LogP contribution in [-0.2, 0) is 16.1 Å². The Hall–Kier alpha value is -0.640. The second kappa shape index (κ2) is 8.50. The lowest BCUT2D eigenvalue weighted by molar-refractivity contribution is 0.0386. The molecular formula is C12H18ClNO2. The van der Waals surface area contributed by atoms with Gasteiger partial charge in [-0.15, -0.1) is 0 Å².